The Bertz CT molecular complexity index is 1010. The van der Waals surface area contributed by atoms with Gasteiger partial charge in [-0.2, -0.15) is 0 Å². The van der Waals surface area contributed by atoms with Crippen molar-refractivity contribution < 1.29 is 14.3 Å². The molecule has 0 heterocycles. The summed E-state index contributed by atoms with van der Waals surface area (Å²) in [5.41, 5.74) is 4.27. The minimum Gasteiger partial charge on any atom is -0.372 e. The Morgan fingerprint density at radius 2 is 1.36 bits per heavy atom. The molecule has 0 radical (unpaired) electrons. The largest absolute Gasteiger partial charge is 0.372 e. The van der Waals surface area contributed by atoms with Crippen molar-refractivity contribution in [2.24, 2.45) is 0 Å². The molecule has 33 heavy (non-hydrogen) atoms. The van der Waals surface area contributed by atoms with Crippen molar-refractivity contribution in [2.45, 2.75) is 32.7 Å². The van der Waals surface area contributed by atoms with Gasteiger partial charge in [0, 0.05) is 33.1 Å². The molecular weight excluding hydrogens is 414 g/mol. The van der Waals surface area contributed by atoms with Crippen molar-refractivity contribution in [1.82, 2.24) is 15.5 Å². The van der Waals surface area contributed by atoms with E-state index in [9.17, 15) is 9.59 Å². The van der Waals surface area contributed by atoms with Crippen LogP contribution in [0.1, 0.15) is 28.7 Å². The van der Waals surface area contributed by atoms with Gasteiger partial charge in [0.2, 0.25) is 5.91 Å². The molecule has 0 unspecified atom stereocenters. The zero-order valence-electron chi connectivity index (χ0n) is 19.0. The summed E-state index contributed by atoms with van der Waals surface area (Å²) in [6, 6.07) is 27.6. The molecule has 0 fully saturated rings. The first-order valence-electron chi connectivity index (χ1n) is 11.1. The highest BCUT2D eigenvalue weighted by molar-refractivity contribution is 5.78. The topological polar surface area (TPSA) is 70.7 Å². The maximum Gasteiger partial charge on any atom is 0.317 e. The number of carbonyl (C=O) groups is 2. The van der Waals surface area contributed by atoms with Crippen molar-refractivity contribution in [3.8, 4) is 0 Å². The summed E-state index contributed by atoms with van der Waals surface area (Å²) < 4.78 is 5.79. The first-order chi connectivity index (χ1) is 16.1. The molecule has 3 aromatic carbocycles. The smallest absolute Gasteiger partial charge is 0.317 e. The molecule has 0 bridgehead atoms. The number of rotatable bonds is 11. The minimum absolute atomic E-state index is 0.105. The molecule has 3 amide bonds. The Labute approximate surface area is 195 Å². The average Bonchev–Trinajstić information content (AvgIpc) is 2.84. The van der Waals surface area contributed by atoms with E-state index in [0.29, 0.717) is 26.3 Å². The molecule has 0 aromatic heterocycles. The van der Waals surface area contributed by atoms with E-state index >= 15 is 0 Å². The third-order valence-electron chi connectivity index (χ3n) is 5.10. The van der Waals surface area contributed by atoms with Gasteiger partial charge in [0.15, 0.2) is 0 Å². The SMILES string of the molecule is CN(Cc1ccccc1)C(=O)NCCC(=O)NCc1cccc(COCc2ccccc2)c1. The van der Waals surface area contributed by atoms with E-state index in [4.69, 9.17) is 4.74 Å². The van der Waals surface area contributed by atoms with Crippen LogP contribution in [-0.4, -0.2) is 30.4 Å². The second-order valence-electron chi connectivity index (χ2n) is 7.90. The molecule has 3 aromatic rings. The van der Waals surface area contributed by atoms with Crippen molar-refractivity contribution in [1.29, 1.82) is 0 Å². The van der Waals surface area contributed by atoms with E-state index in [0.717, 1.165) is 22.3 Å². The van der Waals surface area contributed by atoms with Crippen LogP contribution in [-0.2, 0) is 35.8 Å². The Balaban J connectivity index is 1.33. The highest BCUT2D eigenvalue weighted by Crippen LogP contribution is 2.09. The maximum atomic E-state index is 12.2. The van der Waals surface area contributed by atoms with Gasteiger partial charge in [0.25, 0.3) is 0 Å². The van der Waals surface area contributed by atoms with Crippen LogP contribution in [0.15, 0.2) is 84.9 Å². The van der Waals surface area contributed by atoms with Gasteiger partial charge in [0.1, 0.15) is 0 Å². The summed E-state index contributed by atoms with van der Waals surface area (Å²) in [6.07, 6.45) is 0.227. The third-order valence-corrected chi connectivity index (χ3v) is 5.10. The van der Waals surface area contributed by atoms with E-state index in [1.165, 1.54) is 0 Å². The molecular formula is C27H31N3O3. The minimum atomic E-state index is -0.199. The summed E-state index contributed by atoms with van der Waals surface area (Å²) in [4.78, 5) is 26.0. The number of nitrogens with one attached hydrogen (secondary N) is 2. The first kappa shape index (κ1) is 24.0. The second kappa shape index (κ2) is 13.0. The molecule has 0 aliphatic rings. The Morgan fingerprint density at radius 3 is 2.09 bits per heavy atom. The van der Waals surface area contributed by atoms with Gasteiger partial charge in [0.05, 0.1) is 13.2 Å². The van der Waals surface area contributed by atoms with Gasteiger partial charge in [-0.25, -0.2) is 4.79 Å². The lowest BCUT2D eigenvalue weighted by molar-refractivity contribution is -0.121. The Hall–Kier alpha value is -3.64. The zero-order chi connectivity index (χ0) is 23.3. The summed E-state index contributed by atoms with van der Waals surface area (Å²) in [5.74, 6) is -0.105. The van der Waals surface area contributed by atoms with E-state index < -0.39 is 0 Å². The highest BCUT2D eigenvalue weighted by atomic mass is 16.5. The van der Waals surface area contributed by atoms with Gasteiger partial charge < -0.3 is 20.3 Å². The fraction of sp³-hybridized carbons (Fsp3) is 0.259. The standard InChI is InChI=1S/C27H31N3O3/c1-30(19-22-9-4-2-5-10-22)27(32)28-16-15-26(31)29-18-24-13-8-14-25(17-24)21-33-20-23-11-6-3-7-12-23/h2-14,17H,15-16,18-21H2,1H3,(H,28,32)(H,29,31). The van der Waals surface area contributed by atoms with E-state index in [2.05, 4.69) is 10.6 Å². The van der Waals surface area contributed by atoms with Crippen LogP contribution in [0.5, 0.6) is 0 Å². The van der Waals surface area contributed by atoms with Crippen LogP contribution in [0, 0.1) is 0 Å². The molecule has 0 atom stereocenters. The van der Waals surface area contributed by atoms with Crippen molar-refractivity contribution in [3.63, 3.8) is 0 Å². The third kappa shape index (κ3) is 8.79. The molecule has 3 rings (SSSR count). The maximum absolute atomic E-state index is 12.2. The normalized spacial score (nSPS) is 10.5. The number of hydrogen-bond acceptors (Lipinski definition) is 3. The van der Waals surface area contributed by atoms with Gasteiger partial charge in [-0.15, -0.1) is 0 Å². The molecule has 2 N–H and O–H groups in total. The lowest BCUT2D eigenvalue weighted by Gasteiger charge is -2.18. The molecule has 0 spiro atoms. The summed E-state index contributed by atoms with van der Waals surface area (Å²) in [6.45, 7) is 2.32. The van der Waals surface area contributed by atoms with Crippen LogP contribution < -0.4 is 10.6 Å². The zero-order valence-corrected chi connectivity index (χ0v) is 19.0. The molecule has 6 heteroatoms. The second-order valence-corrected chi connectivity index (χ2v) is 7.90. The fourth-order valence-electron chi connectivity index (χ4n) is 3.33. The molecule has 0 aliphatic heterocycles. The van der Waals surface area contributed by atoms with Gasteiger partial charge in [-0.3, -0.25) is 4.79 Å². The fourth-order valence-corrected chi connectivity index (χ4v) is 3.33. The lowest BCUT2D eigenvalue weighted by atomic mass is 10.1. The Morgan fingerprint density at radius 1 is 0.758 bits per heavy atom. The average molecular weight is 446 g/mol. The molecule has 172 valence electrons. The first-order valence-corrected chi connectivity index (χ1v) is 11.1. The Kier molecular flexibility index (Phi) is 9.48. The predicted octanol–water partition coefficient (Wildman–Crippen LogP) is 4.25. The summed E-state index contributed by atoms with van der Waals surface area (Å²) in [5, 5.41) is 5.69. The van der Waals surface area contributed by atoms with Crippen molar-refractivity contribution in [3.05, 3.63) is 107 Å². The van der Waals surface area contributed by atoms with E-state index in [-0.39, 0.29) is 24.9 Å². The van der Waals surface area contributed by atoms with Crippen molar-refractivity contribution in [2.75, 3.05) is 13.6 Å². The quantitative estimate of drug-likeness (QED) is 0.464. The molecule has 0 saturated heterocycles. The van der Waals surface area contributed by atoms with Crippen LogP contribution >= 0.6 is 0 Å². The van der Waals surface area contributed by atoms with Crippen LogP contribution in [0.3, 0.4) is 0 Å². The molecule has 6 nitrogen and oxygen atoms in total. The molecule has 0 aliphatic carbocycles. The summed E-state index contributed by atoms with van der Waals surface area (Å²) >= 11 is 0. The number of carbonyl (C=O) groups excluding carboxylic acids is 2. The van der Waals surface area contributed by atoms with E-state index in [1.807, 2.05) is 84.9 Å². The predicted molar refractivity (Wildman–Crippen MR) is 129 cm³/mol. The number of benzene rings is 3. The van der Waals surface area contributed by atoms with Crippen LogP contribution in [0.25, 0.3) is 0 Å². The molecule has 0 saturated carbocycles. The number of ether oxygens (including phenoxy) is 1. The number of nitrogens with zero attached hydrogens (tertiary/aromatic N) is 1. The summed E-state index contributed by atoms with van der Waals surface area (Å²) in [7, 11) is 1.74. The monoisotopic (exact) mass is 445 g/mol. The number of urea groups is 1. The van der Waals surface area contributed by atoms with Gasteiger partial charge >= 0.3 is 6.03 Å². The number of hydrogen-bond donors (Lipinski definition) is 2. The highest BCUT2D eigenvalue weighted by Gasteiger charge is 2.09. The van der Waals surface area contributed by atoms with Crippen LogP contribution in [0.4, 0.5) is 4.79 Å². The number of amides is 3. The van der Waals surface area contributed by atoms with Gasteiger partial charge in [-0.05, 0) is 22.3 Å². The van der Waals surface area contributed by atoms with Crippen molar-refractivity contribution >= 4 is 11.9 Å². The lowest BCUT2D eigenvalue weighted by Crippen LogP contribution is -2.38. The van der Waals surface area contributed by atoms with E-state index in [1.54, 1.807) is 11.9 Å². The van der Waals surface area contributed by atoms with Gasteiger partial charge in [-0.1, -0.05) is 84.9 Å². The van der Waals surface area contributed by atoms with Crippen LogP contribution in [0.2, 0.25) is 0 Å².